The van der Waals surface area contributed by atoms with E-state index in [1.807, 2.05) is 6.26 Å². The number of hydrogen-bond donors (Lipinski definition) is 2. The molecule has 0 heterocycles. The first kappa shape index (κ1) is 14.2. The Morgan fingerprint density at radius 2 is 2.17 bits per heavy atom. The van der Waals surface area contributed by atoms with Gasteiger partial charge in [0.25, 0.3) is 0 Å². The third-order valence-electron chi connectivity index (χ3n) is 3.11. The Kier molecular flexibility index (Phi) is 3.96. The minimum absolute atomic E-state index is 0.109. The van der Waals surface area contributed by atoms with Crippen molar-refractivity contribution in [1.82, 2.24) is 4.72 Å². The molecule has 1 aliphatic carbocycles. The van der Waals surface area contributed by atoms with Crippen LogP contribution in [-0.4, -0.2) is 26.0 Å². The zero-order chi connectivity index (χ0) is 13.4. The van der Waals surface area contributed by atoms with Crippen molar-refractivity contribution < 1.29 is 8.42 Å². The maximum atomic E-state index is 12.1. The first-order valence-corrected chi connectivity index (χ1v) is 8.98. The zero-order valence-electron chi connectivity index (χ0n) is 9.94. The SMILES string of the molecule is CSC1(CNS(=O)(=O)c2ccc(N)c(Br)c2)CC1. The van der Waals surface area contributed by atoms with Crippen LogP contribution in [0.25, 0.3) is 0 Å². The number of rotatable bonds is 5. The van der Waals surface area contributed by atoms with Gasteiger partial charge in [-0.1, -0.05) is 0 Å². The van der Waals surface area contributed by atoms with Gasteiger partial charge in [0.15, 0.2) is 0 Å². The van der Waals surface area contributed by atoms with E-state index in [2.05, 4.69) is 20.7 Å². The molecule has 0 atom stereocenters. The maximum absolute atomic E-state index is 12.1. The lowest BCUT2D eigenvalue weighted by Crippen LogP contribution is -2.31. The Labute approximate surface area is 120 Å². The van der Waals surface area contributed by atoms with Crippen molar-refractivity contribution >= 4 is 43.4 Å². The van der Waals surface area contributed by atoms with E-state index >= 15 is 0 Å². The summed E-state index contributed by atoms with van der Waals surface area (Å²) in [7, 11) is -3.45. The van der Waals surface area contributed by atoms with Crippen LogP contribution in [0.4, 0.5) is 5.69 Å². The van der Waals surface area contributed by atoms with Crippen molar-refractivity contribution in [3.05, 3.63) is 22.7 Å². The number of hydrogen-bond acceptors (Lipinski definition) is 4. The van der Waals surface area contributed by atoms with Gasteiger partial charge in [-0.05, 0) is 53.2 Å². The van der Waals surface area contributed by atoms with Gasteiger partial charge >= 0.3 is 0 Å². The number of nitrogens with two attached hydrogens (primary N) is 1. The van der Waals surface area contributed by atoms with Gasteiger partial charge in [-0.25, -0.2) is 13.1 Å². The molecule has 7 heteroatoms. The predicted octanol–water partition coefficient (Wildman–Crippen LogP) is 2.21. The van der Waals surface area contributed by atoms with Crippen LogP contribution in [0.3, 0.4) is 0 Å². The highest BCUT2D eigenvalue weighted by Gasteiger charge is 2.42. The summed E-state index contributed by atoms with van der Waals surface area (Å²) >= 11 is 4.96. The fourth-order valence-corrected chi connectivity index (χ4v) is 4.08. The number of anilines is 1. The standard InChI is InChI=1S/C11H15BrN2O2S2/c1-17-11(4-5-11)7-14-18(15,16)8-2-3-10(13)9(12)6-8/h2-3,6,14H,4-5,7,13H2,1H3. The van der Waals surface area contributed by atoms with Crippen LogP contribution >= 0.6 is 27.7 Å². The summed E-state index contributed by atoms with van der Waals surface area (Å²) in [6.07, 6.45) is 4.16. The molecule has 1 aromatic carbocycles. The Hall–Kier alpha value is -0.240. The largest absolute Gasteiger partial charge is 0.398 e. The van der Waals surface area contributed by atoms with E-state index in [1.54, 1.807) is 17.8 Å². The molecule has 1 aliphatic rings. The first-order chi connectivity index (χ1) is 8.38. The van der Waals surface area contributed by atoms with E-state index in [1.165, 1.54) is 12.1 Å². The smallest absolute Gasteiger partial charge is 0.240 e. The predicted molar refractivity (Wildman–Crippen MR) is 79.2 cm³/mol. The van der Waals surface area contributed by atoms with Crippen LogP contribution in [0.5, 0.6) is 0 Å². The van der Waals surface area contributed by atoms with Crippen LogP contribution in [0.15, 0.2) is 27.6 Å². The number of halogens is 1. The van der Waals surface area contributed by atoms with Gasteiger partial charge in [0.05, 0.1) is 4.90 Å². The molecule has 1 saturated carbocycles. The van der Waals surface area contributed by atoms with Crippen LogP contribution < -0.4 is 10.5 Å². The topological polar surface area (TPSA) is 72.2 Å². The molecular formula is C11H15BrN2O2S2. The van der Waals surface area contributed by atoms with Gasteiger partial charge in [-0.3, -0.25) is 0 Å². The summed E-state index contributed by atoms with van der Waals surface area (Å²) in [4.78, 5) is 0.237. The number of sulfonamides is 1. The van der Waals surface area contributed by atoms with Crippen LogP contribution in [-0.2, 0) is 10.0 Å². The highest BCUT2D eigenvalue weighted by atomic mass is 79.9. The Balaban J connectivity index is 2.13. The van der Waals surface area contributed by atoms with Gasteiger partial charge in [-0.2, -0.15) is 11.8 Å². The average molecular weight is 351 g/mol. The monoisotopic (exact) mass is 350 g/mol. The molecule has 1 aromatic rings. The normalized spacial score (nSPS) is 17.7. The maximum Gasteiger partial charge on any atom is 0.240 e. The van der Waals surface area contributed by atoms with Gasteiger partial charge in [0.1, 0.15) is 0 Å². The van der Waals surface area contributed by atoms with E-state index in [4.69, 9.17) is 5.73 Å². The molecule has 100 valence electrons. The second-order valence-corrected chi connectivity index (χ2v) is 8.29. The Bertz CT molecular complexity index is 556. The molecule has 0 unspecified atom stereocenters. The van der Waals surface area contributed by atoms with Crippen molar-refractivity contribution in [3.8, 4) is 0 Å². The van der Waals surface area contributed by atoms with E-state index in [0.29, 0.717) is 16.7 Å². The zero-order valence-corrected chi connectivity index (χ0v) is 13.2. The van der Waals surface area contributed by atoms with Crippen molar-refractivity contribution in [2.75, 3.05) is 18.5 Å². The summed E-state index contributed by atoms with van der Waals surface area (Å²) < 4.78 is 27.6. The third kappa shape index (κ3) is 3.01. The van der Waals surface area contributed by atoms with Crippen molar-refractivity contribution in [3.63, 3.8) is 0 Å². The molecule has 2 rings (SSSR count). The Morgan fingerprint density at radius 3 is 2.67 bits per heavy atom. The van der Waals surface area contributed by atoms with Gasteiger partial charge in [-0.15, -0.1) is 0 Å². The quantitative estimate of drug-likeness (QED) is 0.798. The van der Waals surface area contributed by atoms with E-state index in [9.17, 15) is 8.42 Å². The molecule has 0 aromatic heterocycles. The fourth-order valence-electron chi connectivity index (χ4n) is 1.58. The second kappa shape index (κ2) is 5.03. The van der Waals surface area contributed by atoms with Gasteiger partial charge < -0.3 is 5.73 Å². The first-order valence-electron chi connectivity index (χ1n) is 5.48. The number of nitrogen functional groups attached to an aromatic ring is 1. The molecular weight excluding hydrogens is 336 g/mol. The lowest BCUT2D eigenvalue weighted by atomic mass is 10.3. The number of thioether (sulfide) groups is 1. The minimum Gasteiger partial charge on any atom is -0.398 e. The third-order valence-corrected chi connectivity index (χ3v) is 6.61. The minimum atomic E-state index is -3.45. The molecule has 0 amide bonds. The lowest BCUT2D eigenvalue weighted by Gasteiger charge is -2.13. The van der Waals surface area contributed by atoms with E-state index in [0.717, 1.165) is 12.8 Å². The molecule has 4 nitrogen and oxygen atoms in total. The highest BCUT2D eigenvalue weighted by molar-refractivity contribution is 9.10. The molecule has 0 bridgehead atoms. The summed E-state index contributed by atoms with van der Waals surface area (Å²) in [5.74, 6) is 0. The fraction of sp³-hybridized carbons (Fsp3) is 0.455. The molecule has 0 spiro atoms. The van der Waals surface area contributed by atoms with Crippen LogP contribution in [0, 0.1) is 0 Å². The van der Waals surface area contributed by atoms with Crippen LogP contribution in [0.1, 0.15) is 12.8 Å². The highest BCUT2D eigenvalue weighted by Crippen LogP contribution is 2.46. The number of nitrogens with one attached hydrogen (secondary N) is 1. The molecule has 0 saturated heterocycles. The molecule has 0 radical (unpaired) electrons. The van der Waals surface area contributed by atoms with Crippen molar-refractivity contribution in [1.29, 1.82) is 0 Å². The summed E-state index contributed by atoms with van der Waals surface area (Å²) in [6.45, 7) is 0.485. The van der Waals surface area contributed by atoms with E-state index < -0.39 is 10.0 Å². The summed E-state index contributed by atoms with van der Waals surface area (Å²) in [5.41, 5.74) is 6.17. The van der Waals surface area contributed by atoms with Crippen LogP contribution in [0.2, 0.25) is 0 Å². The number of benzene rings is 1. The van der Waals surface area contributed by atoms with E-state index in [-0.39, 0.29) is 9.64 Å². The average Bonchev–Trinajstić information content (AvgIpc) is 3.11. The van der Waals surface area contributed by atoms with Crippen molar-refractivity contribution in [2.24, 2.45) is 0 Å². The Morgan fingerprint density at radius 1 is 1.50 bits per heavy atom. The molecule has 0 aliphatic heterocycles. The van der Waals surface area contributed by atoms with Gasteiger partial charge in [0.2, 0.25) is 10.0 Å². The lowest BCUT2D eigenvalue weighted by molar-refractivity contribution is 0.579. The van der Waals surface area contributed by atoms with Crippen molar-refractivity contribution in [2.45, 2.75) is 22.5 Å². The second-order valence-electron chi connectivity index (χ2n) is 4.40. The molecule has 1 fully saturated rings. The molecule has 3 N–H and O–H groups in total. The summed E-state index contributed by atoms with van der Waals surface area (Å²) in [5, 5.41) is 0. The summed E-state index contributed by atoms with van der Waals surface area (Å²) in [6, 6.07) is 4.62. The van der Waals surface area contributed by atoms with Gasteiger partial charge in [0, 0.05) is 21.5 Å². The molecule has 18 heavy (non-hydrogen) atoms.